The van der Waals surface area contributed by atoms with Crippen molar-refractivity contribution in [2.24, 2.45) is 17.4 Å². The van der Waals surface area contributed by atoms with E-state index in [1.54, 1.807) is 12.1 Å². The van der Waals surface area contributed by atoms with E-state index in [1.807, 2.05) is 0 Å². The smallest absolute Gasteiger partial charge is 0.250 e. The lowest BCUT2D eigenvalue weighted by atomic mass is 10.1. The van der Waals surface area contributed by atoms with E-state index < -0.39 is 5.91 Å². The van der Waals surface area contributed by atoms with Crippen LogP contribution < -0.4 is 16.8 Å². The van der Waals surface area contributed by atoms with Crippen LogP contribution in [0.4, 0.5) is 5.82 Å². The molecule has 1 aromatic heterocycles. The van der Waals surface area contributed by atoms with Gasteiger partial charge in [0, 0.05) is 18.8 Å². The van der Waals surface area contributed by atoms with Gasteiger partial charge in [0.2, 0.25) is 5.91 Å². The summed E-state index contributed by atoms with van der Waals surface area (Å²) in [6.07, 6.45) is 1.46. The largest absolute Gasteiger partial charge is 0.366 e. The van der Waals surface area contributed by atoms with Crippen LogP contribution in [-0.4, -0.2) is 23.5 Å². The Bertz CT molecular complexity index is 348. The lowest BCUT2D eigenvalue weighted by molar-refractivity contribution is 0.1000. The molecule has 5 N–H and O–H groups in total. The Morgan fingerprint density at radius 1 is 1.50 bits per heavy atom. The zero-order valence-electron chi connectivity index (χ0n) is 9.60. The van der Waals surface area contributed by atoms with Crippen molar-refractivity contribution >= 4 is 11.7 Å². The van der Waals surface area contributed by atoms with Crippen molar-refractivity contribution in [3.63, 3.8) is 0 Å². The van der Waals surface area contributed by atoms with Crippen molar-refractivity contribution in [2.45, 2.75) is 19.9 Å². The van der Waals surface area contributed by atoms with Crippen molar-refractivity contribution in [1.82, 2.24) is 4.98 Å². The highest BCUT2D eigenvalue weighted by atomic mass is 16.1. The standard InChI is InChI=1S/C11H18N4O/c1-7(2)9(5-12)15-10-4-3-8(6-14-10)11(13)16/h3-4,6-7,9H,5,12H2,1-2H3,(H2,13,16)(H,14,15). The molecule has 1 atom stereocenters. The third-order valence-corrected chi connectivity index (χ3v) is 2.44. The number of carbonyl (C=O) groups is 1. The van der Waals surface area contributed by atoms with Gasteiger partial charge in [-0.1, -0.05) is 13.8 Å². The van der Waals surface area contributed by atoms with Crippen LogP contribution in [-0.2, 0) is 0 Å². The Morgan fingerprint density at radius 3 is 2.56 bits per heavy atom. The summed E-state index contributed by atoms with van der Waals surface area (Å²) in [4.78, 5) is 14.9. The fourth-order valence-electron chi connectivity index (χ4n) is 1.31. The van der Waals surface area contributed by atoms with Crippen molar-refractivity contribution < 1.29 is 4.79 Å². The molecule has 88 valence electrons. The van der Waals surface area contributed by atoms with E-state index in [2.05, 4.69) is 24.1 Å². The summed E-state index contributed by atoms with van der Waals surface area (Å²) in [5, 5.41) is 3.21. The molecule has 16 heavy (non-hydrogen) atoms. The first-order valence-corrected chi connectivity index (χ1v) is 5.27. The fraction of sp³-hybridized carbons (Fsp3) is 0.455. The van der Waals surface area contributed by atoms with Gasteiger partial charge < -0.3 is 16.8 Å². The number of anilines is 1. The van der Waals surface area contributed by atoms with E-state index >= 15 is 0 Å². The minimum atomic E-state index is -0.474. The van der Waals surface area contributed by atoms with Gasteiger partial charge in [-0.05, 0) is 18.1 Å². The summed E-state index contributed by atoms with van der Waals surface area (Å²) < 4.78 is 0. The van der Waals surface area contributed by atoms with Crippen LogP contribution in [0.1, 0.15) is 24.2 Å². The van der Waals surface area contributed by atoms with Crippen LogP contribution in [0, 0.1) is 5.92 Å². The molecule has 0 aliphatic carbocycles. The minimum Gasteiger partial charge on any atom is -0.366 e. The van der Waals surface area contributed by atoms with Crippen molar-refractivity contribution in [1.29, 1.82) is 0 Å². The average molecular weight is 222 g/mol. The van der Waals surface area contributed by atoms with Gasteiger partial charge in [-0.25, -0.2) is 4.98 Å². The van der Waals surface area contributed by atoms with Gasteiger partial charge in [0.05, 0.1) is 5.56 Å². The second-order valence-corrected chi connectivity index (χ2v) is 4.03. The third-order valence-electron chi connectivity index (χ3n) is 2.44. The van der Waals surface area contributed by atoms with E-state index in [0.717, 1.165) is 0 Å². The number of hydrogen-bond donors (Lipinski definition) is 3. The van der Waals surface area contributed by atoms with Gasteiger partial charge >= 0.3 is 0 Å². The third kappa shape index (κ3) is 3.20. The van der Waals surface area contributed by atoms with E-state index in [9.17, 15) is 4.79 Å². The summed E-state index contributed by atoms with van der Waals surface area (Å²) in [5.74, 6) is 0.648. The topological polar surface area (TPSA) is 94.0 Å². The SMILES string of the molecule is CC(C)C(CN)Nc1ccc(C(N)=O)cn1. The van der Waals surface area contributed by atoms with E-state index in [1.165, 1.54) is 6.20 Å². The van der Waals surface area contributed by atoms with Crippen molar-refractivity contribution in [2.75, 3.05) is 11.9 Å². The molecule has 0 saturated carbocycles. The predicted molar refractivity (Wildman–Crippen MR) is 64.1 cm³/mol. The second-order valence-electron chi connectivity index (χ2n) is 4.03. The molecule has 0 aliphatic heterocycles. The van der Waals surface area contributed by atoms with E-state index in [-0.39, 0.29) is 6.04 Å². The first kappa shape index (κ1) is 12.4. The summed E-state index contributed by atoms with van der Waals surface area (Å²) in [6.45, 7) is 4.71. The van der Waals surface area contributed by atoms with Gasteiger partial charge in [-0.15, -0.1) is 0 Å². The summed E-state index contributed by atoms with van der Waals surface area (Å²) >= 11 is 0. The molecule has 0 aromatic carbocycles. The highest BCUT2D eigenvalue weighted by Gasteiger charge is 2.11. The zero-order valence-corrected chi connectivity index (χ0v) is 9.60. The molecule has 5 nitrogen and oxygen atoms in total. The van der Waals surface area contributed by atoms with Gasteiger partial charge in [0.25, 0.3) is 0 Å². The highest BCUT2D eigenvalue weighted by molar-refractivity contribution is 5.92. The number of nitrogens with one attached hydrogen (secondary N) is 1. The average Bonchev–Trinajstić information content (AvgIpc) is 2.26. The Kier molecular flexibility index (Phi) is 4.25. The fourth-order valence-corrected chi connectivity index (χ4v) is 1.31. The number of hydrogen-bond acceptors (Lipinski definition) is 4. The molecule has 1 amide bonds. The number of nitrogens with two attached hydrogens (primary N) is 2. The molecule has 1 unspecified atom stereocenters. The van der Waals surface area contributed by atoms with Gasteiger partial charge in [-0.2, -0.15) is 0 Å². The Balaban J connectivity index is 2.71. The summed E-state index contributed by atoms with van der Waals surface area (Å²) in [6, 6.07) is 3.54. The Labute approximate surface area is 95.2 Å². The molecular weight excluding hydrogens is 204 g/mol. The summed E-state index contributed by atoms with van der Waals surface area (Å²) in [7, 11) is 0. The van der Waals surface area contributed by atoms with Gasteiger partial charge in [-0.3, -0.25) is 4.79 Å². The van der Waals surface area contributed by atoms with E-state index in [4.69, 9.17) is 11.5 Å². The minimum absolute atomic E-state index is 0.173. The molecule has 0 aliphatic rings. The van der Waals surface area contributed by atoms with Crippen LogP contribution in [0.3, 0.4) is 0 Å². The van der Waals surface area contributed by atoms with Crippen LogP contribution in [0.5, 0.6) is 0 Å². The van der Waals surface area contributed by atoms with E-state index in [0.29, 0.717) is 23.8 Å². The van der Waals surface area contributed by atoms with Crippen molar-refractivity contribution in [3.05, 3.63) is 23.9 Å². The number of carbonyl (C=O) groups excluding carboxylic acids is 1. The molecule has 1 aromatic rings. The lowest BCUT2D eigenvalue weighted by Crippen LogP contribution is -2.34. The summed E-state index contributed by atoms with van der Waals surface area (Å²) in [5.41, 5.74) is 11.2. The van der Waals surface area contributed by atoms with Crippen LogP contribution in [0.2, 0.25) is 0 Å². The molecule has 0 bridgehead atoms. The molecule has 0 spiro atoms. The maximum atomic E-state index is 10.8. The normalized spacial score (nSPS) is 12.5. The number of primary amides is 1. The number of aromatic nitrogens is 1. The maximum absolute atomic E-state index is 10.8. The number of rotatable bonds is 5. The lowest BCUT2D eigenvalue weighted by Gasteiger charge is -2.20. The number of nitrogens with zero attached hydrogens (tertiary/aromatic N) is 1. The van der Waals surface area contributed by atoms with Crippen LogP contribution in [0.15, 0.2) is 18.3 Å². The van der Waals surface area contributed by atoms with Crippen molar-refractivity contribution in [3.8, 4) is 0 Å². The maximum Gasteiger partial charge on any atom is 0.250 e. The van der Waals surface area contributed by atoms with Gasteiger partial charge in [0.1, 0.15) is 5.82 Å². The molecule has 5 heteroatoms. The first-order chi connectivity index (χ1) is 7.54. The number of amides is 1. The zero-order chi connectivity index (χ0) is 12.1. The molecule has 1 heterocycles. The monoisotopic (exact) mass is 222 g/mol. The first-order valence-electron chi connectivity index (χ1n) is 5.27. The highest BCUT2D eigenvalue weighted by Crippen LogP contribution is 2.10. The molecule has 0 radical (unpaired) electrons. The molecule has 0 saturated heterocycles. The van der Waals surface area contributed by atoms with Crippen LogP contribution in [0.25, 0.3) is 0 Å². The second kappa shape index (κ2) is 5.46. The quantitative estimate of drug-likeness (QED) is 0.679. The Morgan fingerprint density at radius 2 is 2.19 bits per heavy atom. The molecule has 0 fully saturated rings. The predicted octanol–water partition coefficient (Wildman–Crippen LogP) is 0.576. The Hall–Kier alpha value is -1.62. The number of pyridine rings is 1. The van der Waals surface area contributed by atoms with Crippen LogP contribution >= 0.6 is 0 Å². The van der Waals surface area contributed by atoms with Gasteiger partial charge in [0.15, 0.2) is 0 Å². The molecular formula is C11H18N4O. The molecule has 1 rings (SSSR count).